The summed E-state index contributed by atoms with van der Waals surface area (Å²) in [5.74, 6) is 5.05. The molecule has 0 heterocycles. The first-order chi connectivity index (χ1) is 7.77. The van der Waals surface area contributed by atoms with Crippen molar-refractivity contribution in [1.82, 2.24) is 0 Å². The van der Waals surface area contributed by atoms with Gasteiger partial charge in [-0.25, -0.2) is 5.90 Å². The molecule has 1 aromatic carbocycles. The lowest BCUT2D eigenvalue weighted by molar-refractivity contribution is -0.00769. The molecule has 16 heavy (non-hydrogen) atoms. The summed E-state index contributed by atoms with van der Waals surface area (Å²) < 4.78 is 5.53. The van der Waals surface area contributed by atoms with Gasteiger partial charge in [0, 0.05) is 10.6 Å². The van der Waals surface area contributed by atoms with Gasteiger partial charge in [0.2, 0.25) is 0 Å². The van der Waals surface area contributed by atoms with Crippen LogP contribution in [-0.4, -0.2) is 13.2 Å². The van der Waals surface area contributed by atoms with E-state index in [4.69, 9.17) is 33.8 Å². The van der Waals surface area contributed by atoms with E-state index in [1.165, 1.54) is 5.54 Å². The molecule has 88 valence electrons. The SMILES string of the molecule is NOCC(OC/C=C/Cl)c1ccc(Cl)cc1. The van der Waals surface area contributed by atoms with Crippen LogP contribution in [0.5, 0.6) is 0 Å². The van der Waals surface area contributed by atoms with E-state index in [-0.39, 0.29) is 12.7 Å². The van der Waals surface area contributed by atoms with Gasteiger partial charge in [-0.05, 0) is 23.8 Å². The van der Waals surface area contributed by atoms with Gasteiger partial charge in [-0.1, -0.05) is 35.3 Å². The van der Waals surface area contributed by atoms with Crippen molar-refractivity contribution in [2.45, 2.75) is 6.10 Å². The van der Waals surface area contributed by atoms with Gasteiger partial charge in [0.1, 0.15) is 6.10 Å². The summed E-state index contributed by atoms with van der Waals surface area (Å²) in [5.41, 5.74) is 2.36. The van der Waals surface area contributed by atoms with Crippen molar-refractivity contribution in [3.05, 3.63) is 46.5 Å². The molecule has 0 saturated heterocycles. The molecule has 1 rings (SSSR count). The van der Waals surface area contributed by atoms with Crippen LogP contribution in [0, 0.1) is 0 Å². The van der Waals surface area contributed by atoms with Crippen molar-refractivity contribution in [1.29, 1.82) is 0 Å². The topological polar surface area (TPSA) is 44.5 Å². The Bertz CT molecular complexity index is 327. The number of benzene rings is 1. The van der Waals surface area contributed by atoms with E-state index in [0.29, 0.717) is 11.6 Å². The zero-order valence-electron chi connectivity index (χ0n) is 8.61. The standard InChI is InChI=1S/C11H13Cl2NO2/c12-6-1-7-15-11(8-16-14)9-2-4-10(13)5-3-9/h1-6,11H,7-8,14H2/b6-1+. The van der Waals surface area contributed by atoms with E-state index in [9.17, 15) is 0 Å². The highest BCUT2D eigenvalue weighted by molar-refractivity contribution is 6.30. The summed E-state index contributed by atoms with van der Waals surface area (Å²) in [6.07, 6.45) is 1.47. The van der Waals surface area contributed by atoms with Crippen LogP contribution in [0.15, 0.2) is 35.9 Å². The first-order valence-electron chi connectivity index (χ1n) is 4.72. The molecule has 1 unspecified atom stereocenters. The number of nitrogens with two attached hydrogens (primary N) is 1. The van der Waals surface area contributed by atoms with Crippen LogP contribution < -0.4 is 5.90 Å². The Morgan fingerprint density at radius 1 is 1.31 bits per heavy atom. The summed E-state index contributed by atoms with van der Waals surface area (Å²) in [7, 11) is 0. The maximum absolute atomic E-state index is 5.79. The minimum absolute atomic E-state index is 0.227. The molecule has 0 spiro atoms. The van der Waals surface area contributed by atoms with Crippen molar-refractivity contribution < 1.29 is 9.57 Å². The molecule has 0 aliphatic rings. The fourth-order valence-electron chi connectivity index (χ4n) is 1.21. The molecule has 0 amide bonds. The van der Waals surface area contributed by atoms with Gasteiger partial charge < -0.3 is 9.57 Å². The highest BCUT2D eigenvalue weighted by Crippen LogP contribution is 2.19. The molecule has 1 aromatic rings. The molecule has 0 aromatic heterocycles. The summed E-state index contributed by atoms with van der Waals surface area (Å²) in [4.78, 5) is 4.60. The minimum Gasteiger partial charge on any atom is -0.367 e. The Hall–Kier alpha value is -0.580. The second-order valence-electron chi connectivity index (χ2n) is 3.07. The Morgan fingerprint density at radius 2 is 2.00 bits per heavy atom. The zero-order chi connectivity index (χ0) is 11.8. The Labute approximate surface area is 105 Å². The second kappa shape index (κ2) is 7.65. The molecule has 5 heteroatoms. The van der Waals surface area contributed by atoms with Gasteiger partial charge in [-0.2, -0.15) is 0 Å². The summed E-state index contributed by atoms with van der Waals surface area (Å²) in [5, 5.41) is 0.678. The predicted molar refractivity (Wildman–Crippen MR) is 65.3 cm³/mol. The van der Waals surface area contributed by atoms with Crippen molar-refractivity contribution in [2.75, 3.05) is 13.2 Å². The number of halogens is 2. The van der Waals surface area contributed by atoms with Crippen LogP contribution >= 0.6 is 23.2 Å². The normalized spacial score (nSPS) is 13.2. The van der Waals surface area contributed by atoms with Crippen LogP contribution in [0.2, 0.25) is 5.02 Å². The van der Waals surface area contributed by atoms with Crippen LogP contribution in [-0.2, 0) is 9.57 Å². The van der Waals surface area contributed by atoms with Gasteiger partial charge >= 0.3 is 0 Å². The lowest BCUT2D eigenvalue weighted by Gasteiger charge is -2.16. The molecule has 3 nitrogen and oxygen atoms in total. The molecular weight excluding hydrogens is 249 g/mol. The smallest absolute Gasteiger partial charge is 0.108 e. The molecule has 0 radical (unpaired) electrons. The van der Waals surface area contributed by atoms with Gasteiger partial charge in [-0.3, -0.25) is 0 Å². The third kappa shape index (κ3) is 4.51. The summed E-state index contributed by atoms with van der Waals surface area (Å²) in [6.45, 7) is 0.678. The quantitative estimate of drug-likeness (QED) is 0.801. The average molecular weight is 262 g/mol. The van der Waals surface area contributed by atoms with Crippen molar-refractivity contribution in [2.24, 2.45) is 5.90 Å². The van der Waals surface area contributed by atoms with Crippen LogP contribution in [0.4, 0.5) is 0 Å². The van der Waals surface area contributed by atoms with Gasteiger partial charge in [0.15, 0.2) is 0 Å². The van der Waals surface area contributed by atoms with Crippen molar-refractivity contribution in [3.8, 4) is 0 Å². The van der Waals surface area contributed by atoms with E-state index in [2.05, 4.69) is 4.84 Å². The maximum Gasteiger partial charge on any atom is 0.108 e. The fraction of sp³-hybridized carbons (Fsp3) is 0.273. The van der Waals surface area contributed by atoms with Gasteiger partial charge in [-0.15, -0.1) is 0 Å². The Kier molecular flexibility index (Phi) is 6.45. The average Bonchev–Trinajstić information content (AvgIpc) is 2.29. The largest absolute Gasteiger partial charge is 0.367 e. The molecule has 0 bridgehead atoms. The monoisotopic (exact) mass is 261 g/mol. The first-order valence-corrected chi connectivity index (χ1v) is 5.53. The maximum atomic E-state index is 5.79. The highest BCUT2D eigenvalue weighted by atomic mass is 35.5. The Morgan fingerprint density at radius 3 is 2.56 bits per heavy atom. The van der Waals surface area contributed by atoms with E-state index in [1.807, 2.05) is 12.1 Å². The van der Waals surface area contributed by atoms with E-state index < -0.39 is 0 Å². The predicted octanol–water partition coefficient (Wildman–Crippen LogP) is 3.04. The summed E-state index contributed by atoms with van der Waals surface area (Å²) >= 11 is 11.2. The molecular formula is C11H13Cl2NO2. The Balaban J connectivity index is 2.64. The first kappa shape index (κ1) is 13.5. The zero-order valence-corrected chi connectivity index (χ0v) is 10.1. The molecule has 1 atom stereocenters. The number of hydrogen-bond acceptors (Lipinski definition) is 3. The molecule has 0 aliphatic heterocycles. The molecule has 0 saturated carbocycles. The van der Waals surface area contributed by atoms with Crippen LogP contribution in [0.3, 0.4) is 0 Å². The summed E-state index contributed by atoms with van der Waals surface area (Å²) in [6, 6.07) is 7.33. The molecule has 0 aliphatic carbocycles. The van der Waals surface area contributed by atoms with Crippen LogP contribution in [0.1, 0.15) is 11.7 Å². The number of ether oxygens (including phenoxy) is 1. The third-order valence-corrected chi connectivity index (χ3v) is 2.40. The fourth-order valence-corrected chi connectivity index (χ4v) is 1.41. The van der Waals surface area contributed by atoms with E-state index in [1.54, 1.807) is 18.2 Å². The van der Waals surface area contributed by atoms with Crippen molar-refractivity contribution >= 4 is 23.2 Å². The lowest BCUT2D eigenvalue weighted by Crippen LogP contribution is -2.14. The van der Waals surface area contributed by atoms with E-state index in [0.717, 1.165) is 5.56 Å². The van der Waals surface area contributed by atoms with Gasteiger partial charge in [0.05, 0.1) is 13.2 Å². The third-order valence-electron chi connectivity index (χ3n) is 1.97. The lowest BCUT2D eigenvalue weighted by atomic mass is 10.1. The molecule has 0 fully saturated rings. The minimum atomic E-state index is -0.227. The number of rotatable bonds is 6. The molecule has 2 N–H and O–H groups in total. The number of hydrogen-bond donors (Lipinski definition) is 1. The second-order valence-corrected chi connectivity index (χ2v) is 3.76. The highest BCUT2D eigenvalue weighted by Gasteiger charge is 2.11. The van der Waals surface area contributed by atoms with Gasteiger partial charge in [0.25, 0.3) is 0 Å². The van der Waals surface area contributed by atoms with Crippen LogP contribution in [0.25, 0.3) is 0 Å². The van der Waals surface area contributed by atoms with Crippen molar-refractivity contribution in [3.63, 3.8) is 0 Å². The van der Waals surface area contributed by atoms with E-state index >= 15 is 0 Å².